The average molecular weight is 419 g/mol. The summed E-state index contributed by atoms with van der Waals surface area (Å²) < 4.78 is 5.94. The summed E-state index contributed by atoms with van der Waals surface area (Å²) >= 11 is 0. The molecule has 0 saturated heterocycles. The van der Waals surface area contributed by atoms with E-state index < -0.39 is 0 Å². The fourth-order valence-electron chi connectivity index (χ4n) is 6.21. The summed E-state index contributed by atoms with van der Waals surface area (Å²) in [6.45, 7) is 0. The normalized spacial score (nSPS) is 22.7. The molecule has 0 aromatic heterocycles. The number of rotatable bonds is 4. The van der Waals surface area contributed by atoms with Crippen LogP contribution in [0.25, 0.3) is 11.8 Å². The van der Waals surface area contributed by atoms with Crippen molar-refractivity contribution < 1.29 is 4.74 Å². The predicted octanol–water partition coefficient (Wildman–Crippen LogP) is 8.38. The molecule has 0 radical (unpaired) electrons. The third-order valence-corrected chi connectivity index (χ3v) is 11.5. The van der Waals surface area contributed by atoms with Crippen LogP contribution in [-0.2, 0) is 4.74 Å². The van der Waals surface area contributed by atoms with Gasteiger partial charge in [-0.05, 0) is 59.8 Å². The fraction of sp³-hybridized carbons (Fsp3) is 0.500. The van der Waals surface area contributed by atoms with Crippen molar-refractivity contribution in [2.24, 2.45) is 0 Å². The second-order valence-electron chi connectivity index (χ2n) is 9.36. The molecule has 1 nitrogen and oxygen atoms in total. The summed E-state index contributed by atoms with van der Waals surface area (Å²) in [5, 5.41) is 0. The van der Waals surface area contributed by atoms with Crippen LogP contribution >= 0.6 is 7.92 Å². The van der Waals surface area contributed by atoms with Crippen LogP contribution in [0.5, 0.6) is 0 Å². The lowest BCUT2D eigenvalue weighted by Crippen LogP contribution is -2.24. The Morgan fingerprint density at radius 3 is 1.90 bits per heavy atom. The minimum atomic E-state index is -0.118. The van der Waals surface area contributed by atoms with Crippen molar-refractivity contribution in [2.75, 3.05) is 7.11 Å². The zero-order chi connectivity index (χ0) is 20.3. The highest BCUT2D eigenvalue weighted by Crippen LogP contribution is 2.67. The van der Waals surface area contributed by atoms with Crippen LogP contribution < -0.4 is 0 Å². The Kier molecular flexibility index (Phi) is 6.28. The molecule has 2 saturated carbocycles. The van der Waals surface area contributed by atoms with E-state index in [9.17, 15) is 0 Å². The van der Waals surface area contributed by atoms with E-state index in [1.807, 2.05) is 7.11 Å². The van der Waals surface area contributed by atoms with Gasteiger partial charge in [-0.15, -0.1) is 0 Å². The molecule has 158 valence electrons. The lowest BCUT2D eigenvalue weighted by Gasteiger charge is -2.44. The Hall–Kier alpha value is -1.59. The van der Waals surface area contributed by atoms with Crippen molar-refractivity contribution >= 4 is 19.8 Å². The highest BCUT2D eigenvalue weighted by Gasteiger charge is 2.40. The molecule has 2 fully saturated rings. The first kappa shape index (κ1) is 20.3. The van der Waals surface area contributed by atoms with Gasteiger partial charge in [0, 0.05) is 11.2 Å². The average Bonchev–Trinajstić information content (AvgIpc) is 2.96. The third kappa shape index (κ3) is 3.87. The molecule has 0 unspecified atom stereocenters. The van der Waals surface area contributed by atoms with Gasteiger partial charge in [0.2, 0.25) is 0 Å². The molecule has 0 heterocycles. The first-order chi connectivity index (χ1) is 14.9. The molecule has 0 spiro atoms. The number of hydrogen-bond acceptors (Lipinski definition) is 1. The van der Waals surface area contributed by atoms with E-state index in [1.54, 1.807) is 5.56 Å². The molecule has 5 rings (SSSR count). The molecule has 2 aromatic carbocycles. The molecule has 0 N–H and O–H groups in total. The van der Waals surface area contributed by atoms with Gasteiger partial charge in [-0.3, -0.25) is 0 Å². The maximum Gasteiger partial charge on any atom is 0.126 e. The smallest absolute Gasteiger partial charge is 0.126 e. The first-order valence-corrected chi connectivity index (χ1v) is 13.6. The van der Waals surface area contributed by atoms with E-state index >= 15 is 0 Å². The van der Waals surface area contributed by atoms with Gasteiger partial charge in [-0.25, -0.2) is 0 Å². The van der Waals surface area contributed by atoms with Crippen molar-refractivity contribution in [3.05, 3.63) is 70.8 Å². The van der Waals surface area contributed by atoms with Crippen molar-refractivity contribution in [1.82, 2.24) is 0 Å². The number of methoxy groups -OCH3 is 1. The SMILES string of the molecule is COC1=Cc2ccccc2[C@@H](P(C2CCCCC2)C2CCCCC2)c2ccccc21. The van der Waals surface area contributed by atoms with Crippen LogP contribution in [0.1, 0.15) is 92.1 Å². The van der Waals surface area contributed by atoms with Gasteiger partial charge >= 0.3 is 0 Å². The molecule has 0 bridgehead atoms. The fourth-order valence-corrected chi connectivity index (χ4v) is 10.7. The van der Waals surface area contributed by atoms with Crippen LogP contribution in [0.4, 0.5) is 0 Å². The zero-order valence-electron chi connectivity index (χ0n) is 18.4. The van der Waals surface area contributed by atoms with Gasteiger partial charge in [-0.2, -0.15) is 0 Å². The van der Waals surface area contributed by atoms with Gasteiger partial charge in [0.05, 0.1) is 7.11 Å². The predicted molar refractivity (Wildman–Crippen MR) is 130 cm³/mol. The van der Waals surface area contributed by atoms with Crippen molar-refractivity contribution in [2.45, 2.75) is 81.2 Å². The highest BCUT2D eigenvalue weighted by atomic mass is 31.1. The molecule has 0 aliphatic heterocycles. The molecule has 0 amide bonds. The largest absolute Gasteiger partial charge is 0.496 e. The second-order valence-corrected chi connectivity index (χ2v) is 12.2. The van der Waals surface area contributed by atoms with E-state index in [2.05, 4.69) is 54.6 Å². The van der Waals surface area contributed by atoms with Crippen LogP contribution in [0.2, 0.25) is 0 Å². The lowest BCUT2D eigenvalue weighted by atomic mass is 9.98. The quantitative estimate of drug-likeness (QED) is 0.453. The van der Waals surface area contributed by atoms with E-state index in [-0.39, 0.29) is 7.92 Å². The molecule has 2 heteroatoms. The zero-order valence-corrected chi connectivity index (χ0v) is 19.2. The minimum absolute atomic E-state index is 0.118. The molecular formula is C28H35OP. The number of fused-ring (bicyclic) bond motifs is 2. The van der Waals surface area contributed by atoms with Crippen LogP contribution in [0, 0.1) is 0 Å². The van der Waals surface area contributed by atoms with Crippen LogP contribution in [0.15, 0.2) is 48.5 Å². The Bertz CT molecular complexity index is 871. The van der Waals surface area contributed by atoms with E-state index in [0.717, 1.165) is 17.1 Å². The number of ether oxygens (including phenoxy) is 1. The molecular weight excluding hydrogens is 383 g/mol. The summed E-state index contributed by atoms with van der Waals surface area (Å²) in [5.41, 5.74) is 8.16. The Morgan fingerprint density at radius 2 is 1.27 bits per heavy atom. The van der Waals surface area contributed by atoms with Gasteiger partial charge < -0.3 is 4.74 Å². The number of benzene rings is 2. The first-order valence-electron chi connectivity index (χ1n) is 12.1. The second kappa shape index (κ2) is 9.27. The summed E-state index contributed by atoms with van der Waals surface area (Å²) in [6.07, 6.45) is 16.7. The van der Waals surface area contributed by atoms with Gasteiger partial charge in [0.25, 0.3) is 0 Å². The molecule has 1 atom stereocenters. The summed E-state index contributed by atoms with van der Waals surface area (Å²) in [7, 11) is 1.71. The van der Waals surface area contributed by atoms with Crippen LogP contribution in [0.3, 0.4) is 0 Å². The van der Waals surface area contributed by atoms with Crippen molar-refractivity contribution in [3.8, 4) is 0 Å². The van der Waals surface area contributed by atoms with E-state index in [4.69, 9.17) is 4.74 Å². The standard InChI is InChI=1S/C28H35OP/c1-29-27-20-21-12-8-9-17-24(21)28(26-19-11-10-18-25(26)27)30(22-13-4-2-5-14-22)23-15-6-3-7-16-23/h8-12,17-20,22-23,28H,2-7,13-16H2,1H3/t28-/m1/s1. The monoisotopic (exact) mass is 418 g/mol. The highest BCUT2D eigenvalue weighted by molar-refractivity contribution is 7.59. The molecule has 3 aliphatic carbocycles. The lowest BCUT2D eigenvalue weighted by molar-refractivity contribution is 0.372. The minimum Gasteiger partial charge on any atom is -0.496 e. The molecule has 30 heavy (non-hydrogen) atoms. The number of hydrogen-bond donors (Lipinski definition) is 0. The van der Waals surface area contributed by atoms with Crippen molar-refractivity contribution in [1.29, 1.82) is 0 Å². The maximum atomic E-state index is 5.94. The maximum absolute atomic E-state index is 5.94. The van der Waals surface area contributed by atoms with Crippen molar-refractivity contribution in [3.63, 3.8) is 0 Å². The Morgan fingerprint density at radius 1 is 0.700 bits per heavy atom. The summed E-state index contributed by atoms with van der Waals surface area (Å²) in [5.74, 6) is 1.03. The third-order valence-electron chi connectivity index (χ3n) is 7.61. The summed E-state index contributed by atoms with van der Waals surface area (Å²) in [4.78, 5) is 0. The van der Waals surface area contributed by atoms with Crippen LogP contribution in [-0.4, -0.2) is 18.4 Å². The van der Waals surface area contributed by atoms with Gasteiger partial charge in [0.1, 0.15) is 5.76 Å². The van der Waals surface area contributed by atoms with Gasteiger partial charge in [-0.1, -0.05) is 95.0 Å². The molecule has 3 aliphatic rings. The Labute approximate surface area is 183 Å². The van der Waals surface area contributed by atoms with E-state index in [0.29, 0.717) is 5.66 Å². The van der Waals surface area contributed by atoms with E-state index in [1.165, 1.54) is 80.9 Å². The topological polar surface area (TPSA) is 9.23 Å². The Balaban J connectivity index is 1.68. The molecule has 2 aromatic rings. The van der Waals surface area contributed by atoms with Gasteiger partial charge in [0.15, 0.2) is 0 Å². The summed E-state index contributed by atoms with van der Waals surface area (Å²) in [6, 6.07) is 18.3.